The van der Waals surface area contributed by atoms with Crippen molar-refractivity contribution in [2.45, 2.75) is 95.5 Å². The molecule has 3 amide bonds. The molecule has 0 aromatic carbocycles. The van der Waals surface area contributed by atoms with Crippen LogP contribution in [0.4, 0.5) is 4.79 Å². The number of nitrogens with one attached hydrogen (secondary N) is 5. The number of aromatic amines is 1. The third kappa shape index (κ3) is 36.8. The van der Waals surface area contributed by atoms with Crippen molar-refractivity contribution in [3.05, 3.63) is 69.6 Å². The molecule has 86 heavy (non-hydrogen) atoms. The Hall–Kier alpha value is -4.36. The third-order valence-electron chi connectivity index (χ3n) is 11.6. The topological polar surface area (TPSA) is 416 Å². The highest BCUT2D eigenvalue weighted by atomic mass is 31.3. The van der Waals surface area contributed by atoms with Crippen LogP contribution in [0.1, 0.15) is 77.0 Å². The van der Waals surface area contributed by atoms with Gasteiger partial charge in [0.1, 0.15) is 30.6 Å². The van der Waals surface area contributed by atoms with Gasteiger partial charge in [0.2, 0.25) is 11.8 Å². The maximum atomic E-state index is 12.8. The Morgan fingerprint density at radius 1 is 0.767 bits per heavy atom. The Balaban J connectivity index is 1.13. The molecule has 1 fully saturated rings. The van der Waals surface area contributed by atoms with Crippen LogP contribution in [0.2, 0.25) is 0 Å². The summed E-state index contributed by atoms with van der Waals surface area (Å²) in [7, 11) is -16.9. The van der Waals surface area contributed by atoms with E-state index in [9.17, 15) is 47.5 Å². The fourth-order valence-electron chi connectivity index (χ4n) is 7.52. The standard InChI is InChI=1S/C51H85N6O26P3/c1-5-22-76-43-35-47(81-44(43)38-79-85(66,67)83-86(68,69)82-84(63,64)65)57-36-41(48(60)56-49(57)61)12-11-17-53-46(59)39-75-34-33-74-37-40(2)15-18-52-19-25-77-51(3,4)78-26-21-54-45(58)16-23-70-27-29-72-31-32-73-30-28-71-24-20-55-50(62)80-42-13-9-7-6-8-10-14-42/h5-7,36,42-44,47,52H,1-2,8-10,13-35,37-39H2,3-4H3,(H,53,59)(H,54,58)(H,55,62)(H,66,67)(H,68,69)(H,56,60,61)(H2,63,64,65)/b7-6-/t42?,43-,44?,47?/m1/s1. The van der Waals surface area contributed by atoms with Gasteiger partial charge in [0, 0.05) is 38.7 Å². The quantitative estimate of drug-likeness (QED) is 0.0148. The predicted molar refractivity (Wildman–Crippen MR) is 305 cm³/mol. The van der Waals surface area contributed by atoms with Gasteiger partial charge in [-0.15, -0.1) is 6.58 Å². The van der Waals surface area contributed by atoms with Gasteiger partial charge in [-0.25, -0.2) is 23.3 Å². The molecule has 0 saturated carbocycles. The maximum Gasteiger partial charge on any atom is 0.490 e. The van der Waals surface area contributed by atoms with Crippen LogP contribution < -0.4 is 32.5 Å². The molecule has 6 atom stereocenters. The molecule has 32 nitrogen and oxygen atoms in total. The largest absolute Gasteiger partial charge is 0.490 e. The van der Waals surface area contributed by atoms with Crippen molar-refractivity contribution < 1.29 is 113 Å². The van der Waals surface area contributed by atoms with Gasteiger partial charge in [-0.05, 0) is 58.9 Å². The fraction of sp³-hybridized carbons (Fsp3) is 0.706. The lowest BCUT2D eigenvalue weighted by molar-refractivity contribution is -0.211. The maximum absolute atomic E-state index is 12.8. The summed E-state index contributed by atoms with van der Waals surface area (Å²) in [5.41, 5.74) is -1.16. The molecule has 0 radical (unpaired) electrons. The van der Waals surface area contributed by atoms with E-state index in [4.69, 9.17) is 61.9 Å². The van der Waals surface area contributed by atoms with E-state index in [1.807, 2.05) is 0 Å². The van der Waals surface area contributed by atoms with Crippen molar-refractivity contribution >= 4 is 41.4 Å². The first kappa shape index (κ1) is 75.9. The van der Waals surface area contributed by atoms with Gasteiger partial charge in [0.25, 0.3) is 5.56 Å². The third-order valence-corrected chi connectivity index (χ3v) is 15.4. The molecule has 2 heterocycles. The van der Waals surface area contributed by atoms with Gasteiger partial charge in [0.15, 0.2) is 5.79 Å². The van der Waals surface area contributed by atoms with Crippen LogP contribution in [0.3, 0.4) is 0 Å². The smallest absolute Gasteiger partial charge is 0.446 e. The first-order valence-corrected chi connectivity index (χ1v) is 32.2. The van der Waals surface area contributed by atoms with Crippen LogP contribution in [0.25, 0.3) is 0 Å². The van der Waals surface area contributed by atoms with Crippen LogP contribution in [-0.4, -0.2) is 210 Å². The molecule has 1 saturated heterocycles. The molecular weight excluding hydrogens is 1210 g/mol. The molecule has 490 valence electrons. The van der Waals surface area contributed by atoms with Crippen molar-refractivity contribution in [1.29, 1.82) is 0 Å². The average Bonchev–Trinajstić information content (AvgIpc) is 1.93. The second-order valence-corrected chi connectivity index (χ2v) is 23.6. The van der Waals surface area contributed by atoms with E-state index in [-0.39, 0.29) is 83.2 Å². The monoisotopic (exact) mass is 1290 g/mol. The SMILES string of the molecule is C=CCO[C@@H]1CC(n2cc(C#CCNC(=O)COCCOCC(=C)CCNCCOC(C)(C)OCCNC(=O)CCOCCOCCOCCOCCNC(=O)OC3CC/C=C\CCC3)c(=O)[nH]c2=O)OC1COP(=O)(O)OP(=O)(O)OP(=O)(O)O. The number of H-pyrrole nitrogens is 1. The Morgan fingerprint density at radius 2 is 1.41 bits per heavy atom. The number of allylic oxidation sites excluding steroid dienone is 2. The summed E-state index contributed by atoms with van der Waals surface area (Å²) in [6.45, 7) is 15.6. The predicted octanol–water partition coefficient (Wildman–Crippen LogP) is 1.73. The highest BCUT2D eigenvalue weighted by molar-refractivity contribution is 7.66. The number of ether oxygens (including phenoxy) is 11. The lowest BCUT2D eigenvalue weighted by atomic mass is 10.0. The first-order valence-electron chi connectivity index (χ1n) is 27.7. The normalized spacial score (nSPS) is 19.0. The number of amides is 3. The molecule has 1 aromatic rings. The Bertz CT molecular complexity index is 2570. The van der Waals surface area contributed by atoms with Crippen LogP contribution >= 0.6 is 23.5 Å². The number of carbonyl (C=O) groups excluding carboxylic acids is 3. The minimum absolute atomic E-state index is 0.0470. The summed E-state index contributed by atoms with van der Waals surface area (Å²) in [5, 5.41) is 11.3. The number of carbonyl (C=O) groups is 3. The van der Waals surface area contributed by atoms with Crippen molar-refractivity contribution in [2.24, 2.45) is 0 Å². The molecule has 3 rings (SSSR count). The molecule has 35 heteroatoms. The number of hydrogen-bond acceptors (Lipinski definition) is 23. The molecule has 2 aliphatic rings. The molecule has 0 spiro atoms. The van der Waals surface area contributed by atoms with Crippen molar-refractivity contribution in [1.82, 2.24) is 30.8 Å². The van der Waals surface area contributed by atoms with E-state index in [0.717, 1.165) is 48.4 Å². The molecule has 1 aliphatic heterocycles. The summed E-state index contributed by atoms with van der Waals surface area (Å²) in [5.74, 6) is 3.59. The van der Waals surface area contributed by atoms with Gasteiger partial charge in [-0.3, -0.25) is 28.5 Å². The van der Waals surface area contributed by atoms with Crippen LogP contribution in [0, 0.1) is 11.8 Å². The van der Waals surface area contributed by atoms with Gasteiger partial charge in [-0.1, -0.05) is 42.2 Å². The molecule has 9 N–H and O–H groups in total. The van der Waals surface area contributed by atoms with Crippen LogP contribution in [-0.2, 0) is 88.5 Å². The number of alkyl carbamates (subject to hydrolysis) is 1. The first-order chi connectivity index (χ1) is 41.0. The highest BCUT2D eigenvalue weighted by Gasteiger charge is 2.43. The summed E-state index contributed by atoms with van der Waals surface area (Å²) in [6.07, 6.45) is 8.29. The van der Waals surface area contributed by atoms with E-state index in [1.165, 1.54) is 6.08 Å². The lowest BCUT2D eigenvalue weighted by Crippen LogP contribution is -2.36. The Labute approximate surface area is 499 Å². The van der Waals surface area contributed by atoms with E-state index in [1.54, 1.807) is 13.8 Å². The zero-order valence-electron chi connectivity index (χ0n) is 48.6. The van der Waals surface area contributed by atoms with Gasteiger partial charge in [0.05, 0.1) is 112 Å². The van der Waals surface area contributed by atoms with Gasteiger partial charge < -0.3 is 92.9 Å². The summed E-state index contributed by atoms with van der Waals surface area (Å²) in [4.78, 5) is 101. The lowest BCUT2D eigenvalue weighted by Gasteiger charge is -2.26. The molecule has 1 aliphatic carbocycles. The second kappa shape index (κ2) is 42.5. The number of aromatic nitrogens is 2. The average molecular weight is 1290 g/mol. The zero-order chi connectivity index (χ0) is 63.1. The number of phosphoric ester groups is 1. The van der Waals surface area contributed by atoms with Crippen molar-refractivity contribution in [3.8, 4) is 11.8 Å². The van der Waals surface area contributed by atoms with Gasteiger partial charge >= 0.3 is 35.3 Å². The summed E-state index contributed by atoms with van der Waals surface area (Å²) < 4.78 is 109. The number of phosphoric acid groups is 3. The van der Waals surface area contributed by atoms with Crippen molar-refractivity contribution in [3.63, 3.8) is 0 Å². The minimum Gasteiger partial charge on any atom is -0.446 e. The van der Waals surface area contributed by atoms with Crippen LogP contribution in [0.5, 0.6) is 0 Å². The number of nitrogens with zero attached hydrogens (tertiary/aromatic N) is 1. The van der Waals surface area contributed by atoms with Crippen LogP contribution in [0.15, 0.2) is 52.7 Å². The molecule has 5 unspecified atom stereocenters. The fourth-order valence-corrected chi connectivity index (χ4v) is 10.5. The highest BCUT2D eigenvalue weighted by Crippen LogP contribution is 2.66. The number of rotatable bonds is 46. The summed E-state index contributed by atoms with van der Waals surface area (Å²) >= 11 is 0. The Morgan fingerprint density at radius 3 is 2.10 bits per heavy atom. The van der Waals surface area contributed by atoms with E-state index in [2.05, 4.69) is 76.5 Å². The Kier molecular flexibility index (Phi) is 37.5. The van der Waals surface area contributed by atoms with E-state index >= 15 is 0 Å². The molecule has 0 bridgehead atoms. The zero-order valence-corrected chi connectivity index (χ0v) is 51.3. The van der Waals surface area contributed by atoms with Gasteiger partial charge in [-0.2, -0.15) is 8.62 Å². The molecular formula is C51H85N6O26P3. The molecule has 1 aromatic heterocycles. The van der Waals surface area contributed by atoms with E-state index < -0.39 is 77.5 Å². The van der Waals surface area contributed by atoms with Crippen molar-refractivity contribution in [2.75, 3.05) is 138 Å². The minimum atomic E-state index is -5.79. The van der Waals surface area contributed by atoms with E-state index in [0.29, 0.717) is 85.5 Å². The number of hydrogen-bond donors (Lipinski definition) is 9. The second-order valence-electron chi connectivity index (χ2n) is 19.1. The summed E-state index contributed by atoms with van der Waals surface area (Å²) in [6, 6.07) is 0.